The lowest BCUT2D eigenvalue weighted by molar-refractivity contribution is -0.139. The number of benzene rings is 2. The van der Waals surface area contributed by atoms with Gasteiger partial charge < -0.3 is 15.1 Å². The van der Waals surface area contributed by atoms with Crippen molar-refractivity contribution >= 4 is 29.3 Å². The first-order chi connectivity index (χ1) is 17.8. The number of amides is 2. The van der Waals surface area contributed by atoms with Gasteiger partial charge in [0.05, 0.1) is 11.3 Å². The lowest BCUT2D eigenvalue weighted by Gasteiger charge is -2.22. The van der Waals surface area contributed by atoms with Crippen LogP contribution in [0.3, 0.4) is 0 Å². The zero-order chi connectivity index (χ0) is 26.0. The smallest absolute Gasteiger partial charge is 0.371 e. The Morgan fingerprint density at radius 3 is 2.54 bits per heavy atom. The third-order valence-corrected chi connectivity index (χ3v) is 8.61. The van der Waals surface area contributed by atoms with E-state index < -0.39 is 11.7 Å². The van der Waals surface area contributed by atoms with Gasteiger partial charge in [-0.05, 0) is 67.9 Å². The second-order valence-corrected chi connectivity index (χ2v) is 11.2. The molecule has 37 heavy (non-hydrogen) atoms. The van der Waals surface area contributed by atoms with E-state index in [1.54, 1.807) is 12.1 Å². The molecule has 9 heteroatoms. The van der Waals surface area contributed by atoms with Crippen LogP contribution < -0.4 is 10.2 Å². The zero-order valence-electron chi connectivity index (χ0n) is 20.7. The molecular weight excluding hydrogens is 499 g/mol. The van der Waals surface area contributed by atoms with E-state index >= 15 is 0 Å². The Hall–Kier alpha value is -2.68. The van der Waals surface area contributed by atoms with Crippen LogP contribution in [0.1, 0.15) is 55.6 Å². The molecular formula is C28H32F3N3O2S. The highest BCUT2D eigenvalue weighted by Crippen LogP contribution is 2.50. The summed E-state index contributed by atoms with van der Waals surface area (Å²) >= 11 is 1.16. The fourth-order valence-electron chi connectivity index (χ4n) is 5.38. The predicted octanol–water partition coefficient (Wildman–Crippen LogP) is 5.69. The van der Waals surface area contributed by atoms with Crippen LogP contribution in [0.2, 0.25) is 0 Å². The minimum Gasteiger partial charge on any atom is -0.371 e. The highest BCUT2D eigenvalue weighted by molar-refractivity contribution is 7.99. The first-order valence-electron chi connectivity index (χ1n) is 13.1. The quantitative estimate of drug-likeness (QED) is 0.423. The molecule has 0 radical (unpaired) electrons. The van der Waals surface area contributed by atoms with Crippen molar-refractivity contribution in [2.24, 2.45) is 5.92 Å². The monoisotopic (exact) mass is 531 g/mol. The van der Waals surface area contributed by atoms with Gasteiger partial charge in [-0.3, -0.25) is 9.59 Å². The lowest BCUT2D eigenvalue weighted by atomic mass is 10.0. The maximum atomic E-state index is 14.1. The van der Waals surface area contributed by atoms with Crippen LogP contribution in [0, 0.1) is 5.92 Å². The average molecular weight is 532 g/mol. The van der Waals surface area contributed by atoms with Crippen LogP contribution in [0.25, 0.3) is 0 Å². The average Bonchev–Trinajstić information content (AvgIpc) is 3.27. The third-order valence-electron chi connectivity index (χ3n) is 7.47. The fourth-order valence-corrected chi connectivity index (χ4v) is 6.48. The fraction of sp³-hybridized carbons (Fsp3) is 0.500. The summed E-state index contributed by atoms with van der Waals surface area (Å²) in [6.45, 7) is 3.71. The van der Waals surface area contributed by atoms with Gasteiger partial charge in [0.25, 0.3) is 0 Å². The molecule has 2 aromatic rings. The first-order valence-corrected chi connectivity index (χ1v) is 13.9. The Balaban J connectivity index is 1.23. The van der Waals surface area contributed by atoms with Gasteiger partial charge >= 0.3 is 6.18 Å². The Morgan fingerprint density at radius 2 is 1.81 bits per heavy atom. The van der Waals surface area contributed by atoms with Crippen molar-refractivity contribution < 1.29 is 22.8 Å². The number of carbonyl (C=O) groups is 2. The van der Waals surface area contributed by atoms with Gasteiger partial charge in [0, 0.05) is 54.9 Å². The summed E-state index contributed by atoms with van der Waals surface area (Å²) in [5.74, 6) is -0.458. The van der Waals surface area contributed by atoms with Crippen molar-refractivity contribution in [3.8, 4) is 0 Å². The molecule has 0 bridgehead atoms. The number of alkyl halides is 3. The van der Waals surface area contributed by atoms with Crippen molar-refractivity contribution in [2.75, 3.05) is 37.6 Å². The van der Waals surface area contributed by atoms with E-state index in [2.05, 4.69) is 10.2 Å². The van der Waals surface area contributed by atoms with Gasteiger partial charge in [-0.1, -0.05) is 30.0 Å². The molecule has 5 rings (SSSR count). The summed E-state index contributed by atoms with van der Waals surface area (Å²) in [5.41, 5.74) is 0.898. The summed E-state index contributed by atoms with van der Waals surface area (Å²) in [4.78, 5) is 29.3. The van der Waals surface area contributed by atoms with E-state index in [1.807, 2.05) is 29.2 Å². The van der Waals surface area contributed by atoms with E-state index in [-0.39, 0.29) is 28.5 Å². The molecule has 0 unspecified atom stereocenters. The van der Waals surface area contributed by atoms with Crippen LogP contribution in [0.4, 0.5) is 18.9 Å². The third kappa shape index (κ3) is 6.08. The number of hydrogen-bond donors (Lipinski definition) is 1. The highest BCUT2D eigenvalue weighted by Gasteiger charge is 2.45. The molecule has 198 valence electrons. The molecule has 2 aromatic carbocycles. The normalized spacial score (nSPS) is 21.5. The molecule has 2 amide bonds. The van der Waals surface area contributed by atoms with Gasteiger partial charge in [0.15, 0.2) is 0 Å². The number of nitrogens with zero attached hydrogens (tertiary/aromatic N) is 2. The summed E-state index contributed by atoms with van der Waals surface area (Å²) in [5, 5.41) is 2.90. The Bertz CT molecular complexity index is 1150. The van der Waals surface area contributed by atoms with Crippen molar-refractivity contribution in [1.82, 2.24) is 10.2 Å². The van der Waals surface area contributed by atoms with E-state index in [4.69, 9.17) is 0 Å². The molecule has 2 saturated heterocycles. The van der Waals surface area contributed by atoms with Gasteiger partial charge in [-0.15, -0.1) is 0 Å². The van der Waals surface area contributed by atoms with Crippen LogP contribution in [-0.4, -0.2) is 49.4 Å². The van der Waals surface area contributed by atoms with E-state index in [1.165, 1.54) is 6.07 Å². The second-order valence-electron chi connectivity index (χ2n) is 10.1. The number of likely N-dealkylation sites (tertiary alicyclic amines) is 1. The standard InChI is InChI=1S/C28H32F3N3O2S/c29-28(30,31)22-17-19(20-18-21(20)27(36)32-12-6-16-34-15-5-9-26(34)35)10-11-24(22)37-25-8-2-1-7-23(25)33-13-3-4-14-33/h1-2,7-8,10-11,17,20-21H,3-6,9,12-16,18H2,(H,32,36)/t20-,21+/m0/s1. The number of halogens is 3. The Kier molecular flexibility index (Phi) is 7.70. The minimum atomic E-state index is -4.49. The summed E-state index contributed by atoms with van der Waals surface area (Å²) in [6, 6.07) is 12.2. The molecule has 3 fully saturated rings. The van der Waals surface area contributed by atoms with Gasteiger partial charge in [0.2, 0.25) is 11.8 Å². The molecule has 2 atom stereocenters. The van der Waals surface area contributed by atoms with Crippen molar-refractivity contribution in [2.45, 2.75) is 60.4 Å². The summed E-state index contributed by atoms with van der Waals surface area (Å²) < 4.78 is 42.3. The van der Waals surface area contributed by atoms with Crippen LogP contribution in [-0.2, 0) is 15.8 Å². The molecule has 0 spiro atoms. The van der Waals surface area contributed by atoms with Crippen molar-refractivity contribution in [3.05, 3.63) is 53.6 Å². The molecule has 3 aliphatic rings. The largest absolute Gasteiger partial charge is 0.417 e. The number of rotatable bonds is 9. The minimum absolute atomic E-state index is 0.121. The van der Waals surface area contributed by atoms with Crippen LogP contribution in [0.5, 0.6) is 0 Å². The number of hydrogen-bond acceptors (Lipinski definition) is 4. The molecule has 5 nitrogen and oxygen atoms in total. The predicted molar refractivity (Wildman–Crippen MR) is 138 cm³/mol. The van der Waals surface area contributed by atoms with E-state index in [0.29, 0.717) is 37.9 Å². The number of carbonyl (C=O) groups excluding carboxylic acids is 2. The first kappa shape index (κ1) is 25.9. The van der Waals surface area contributed by atoms with Gasteiger partial charge in [-0.2, -0.15) is 13.2 Å². The topological polar surface area (TPSA) is 52.7 Å². The molecule has 1 aliphatic carbocycles. The van der Waals surface area contributed by atoms with Crippen LogP contribution in [0.15, 0.2) is 52.3 Å². The molecule has 1 N–H and O–H groups in total. The van der Waals surface area contributed by atoms with Gasteiger partial charge in [-0.25, -0.2) is 0 Å². The van der Waals surface area contributed by atoms with Crippen molar-refractivity contribution in [3.63, 3.8) is 0 Å². The highest BCUT2D eigenvalue weighted by atomic mass is 32.2. The molecule has 1 saturated carbocycles. The summed E-state index contributed by atoms with van der Waals surface area (Å²) in [7, 11) is 0. The van der Waals surface area contributed by atoms with Crippen LogP contribution >= 0.6 is 11.8 Å². The molecule has 0 aromatic heterocycles. The van der Waals surface area contributed by atoms with Crippen molar-refractivity contribution in [1.29, 1.82) is 0 Å². The lowest BCUT2D eigenvalue weighted by Crippen LogP contribution is -2.31. The molecule has 2 heterocycles. The number of para-hydroxylation sites is 1. The summed E-state index contributed by atoms with van der Waals surface area (Å²) in [6.07, 6.45) is 0.414. The maximum Gasteiger partial charge on any atom is 0.417 e. The SMILES string of the molecule is O=C(NCCCN1CCCC1=O)[C@@H]1C[C@H]1c1ccc(Sc2ccccc2N2CCCC2)c(C(F)(F)F)c1. The zero-order valence-corrected chi connectivity index (χ0v) is 21.5. The molecule has 2 aliphatic heterocycles. The number of anilines is 1. The van der Waals surface area contributed by atoms with E-state index in [9.17, 15) is 22.8 Å². The van der Waals surface area contributed by atoms with E-state index in [0.717, 1.165) is 61.2 Å². The number of nitrogens with one attached hydrogen (secondary N) is 1. The Labute approximate surface area is 219 Å². The van der Waals surface area contributed by atoms with Gasteiger partial charge in [0.1, 0.15) is 0 Å². The second kappa shape index (κ2) is 11.0. The maximum absolute atomic E-state index is 14.1. The Morgan fingerprint density at radius 1 is 1.03 bits per heavy atom.